The summed E-state index contributed by atoms with van der Waals surface area (Å²) in [5, 5.41) is 13.6. The molecular weight excluding hydrogens is 464 g/mol. The standard InChI is InChI=1S/C25H32N6O5/c1-2-21(24-27-28-29-31(24)14-19-6-4-8-34-19)30(13-18-5-3-7-33-18)12-17-9-16-10-22-23(36-15-35-22)11-20(16)26-25(17)32/h9-11,18-19,21H,2-8,12-15H2,1H3,(H,26,32)/t18-,19-,21-/m0/s1. The number of fused-ring (bicyclic) bond motifs is 2. The zero-order valence-electron chi connectivity index (χ0n) is 20.5. The van der Waals surface area contributed by atoms with Gasteiger partial charge in [-0.25, -0.2) is 4.68 Å². The SMILES string of the molecule is CC[C@@H](c1nnnn1C[C@@H]1CCCO1)N(Cc1cc2cc3c(cc2[nH]c1=O)OCO3)C[C@@H]1CCCO1. The lowest BCUT2D eigenvalue weighted by molar-refractivity contribution is 0.0470. The fourth-order valence-corrected chi connectivity index (χ4v) is 5.49. The molecule has 0 unspecified atom stereocenters. The Hall–Kier alpha value is -3.02. The van der Waals surface area contributed by atoms with Crippen LogP contribution in [0.5, 0.6) is 11.5 Å². The molecule has 0 spiro atoms. The number of nitrogens with one attached hydrogen (secondary N) is 1. The van der Waals surface area contributed by atoms with Crippen LogP contribution in [0, 0.1) is 0 Å². The van der Waals surface area contributed by atoms with Crippen molar-refractivity contribution in [1.29, 1.82) is 0 Å². The van der Waals surface area contributed by atoms with E-state index in [-0.39, 0.29) is 30.6 Å². The molecule has 0 radical (unpaired) electrons. The predicted molar refractivity (Wildman–Crippen MR) is 130 cm³/mol. The van der Waals surface area contributed by atoms with Gasteiger partial charge in [0.25, 0.3) is 5.56 Å². The number of aromatic amines is 1. The summed E-state index contributed by atoms with van der Waals surface area (Å²) in [7, 11) is 0. The van der Waals surface area contributed by atoms with Crippen molar-refractivity contribution in [3.05, 3.63) is 39.9 Å². The maximum atomic E-state index is 13.2. The zero-order valence-corrected chi connectivity index (χ0v) is 20.5. The lowest BCUT2D eigenvalue weighted by atomic mass is 10.1. The molecule has 0 saturated carbocycles. The van der Waals surface area contributed by atoms with Gasteiger partial charge in [0.1, 0.15) is 0 Å². The topological polar surface area (TPSA) is 117 Å². The molecule has 3 aliphatic heterocycles. The molecule has 2 fully saturated rings. The van der Waals surface area contributed by atoms with E-state index in [9.17, 15) is 4.79 Å². The van der Waals surface area contributed by atoms with Crippen LogP contribution in [0.3, 0.4) is 0 Å². The van der Waals surface area contributed by atoms with Gasteiger partial charge in [0.15, 0.2) is 17.3 Å². The van der Waals surface area contributed by atoms with E-state index >= 15 is 0 Å². The van der Waals surface area contributed by atoms with Crippen LogP contribution in [0.2, 0.25) is 0 Å². The number of nitrogens with zero attached hydrogens (tertiary/aromatic N) is 5. The van der Waals surface area contributed by atoms with Crippen LogP contribution in [-0.2, 0) is 22.6 Å². The van der Waals surface area contributed by atoms with Gasteiger partial charge in [-0.15, -0.1) is 5.10 Å². The average Bonchev–Trinajstić information content (AvgIpc) is 3.68. The maximum Gasteiger partial charge on any atom is 0.252 e. The molecule has 3 atom stereocenters. The van der Waals surface area contributed by atoms with Crippen molar-refractivity contribution in [3.63, 3.8) is 0 Å². The van der Waals surface area contributed by atoms with Crippen LogP contribution in [0.15, 0.2) is 23.0 Å². The Morgan fingerprint density at radius 1 is 1.11 bits per heavy atom. The fourth-order valence-electron chi connectivity index (χ4n) is 5.49. The number of ether oxygens (including phenoxy) is 4. The summed E-state index contributed by atoms with van der Waals surface area (Å²) in [5.41, 5.74) is 1.29. The van der Waals surface area contributed by atoms with E-state index in [2.05, 4.69) is 32.3 Å². The van der Waals surface area contributed by atoms with Crippen molar-refractivity contribution in [1.82, 2.24) is 30.1 Å². The quantitative estimate of drug-likeness (QED) is 0.477. The summed E-state index contributed by atoms with van der Waals surface area (Å²) in [6.45, 7) is 5.66. The van der Waals surface area contributed by atoms with Crippen LogP contribution >= 0.6 is 0 Å². The Balaban J connectivity index is 1.31. The molecule has 11 nitrogen and oxygen atoms in total. The zero-order chi connectivity index (χ0) is 24.5. The van der Waals surface area contributed by atoms with Crippen molar-refractivity contribution >= 4 is 10.9 Å². The van der Waals surface area contributed by atoms with Crippen molar-refractivity contribution in [2.45, 2.75) is 70.4 Å². The number of rotatable bonds is 9. The molecule has 1 aromatic carbocycles. The molecule has 11 heteroatoms. The van der Waals surface area contributed by atoms with E-state index in [1.165, 1.54) is 0 Å². The number of H-pyrrole nitrogens is 1. The summed E-state index contributed by atoms with van der Waals surface area (Å²) in [5.74, 6) is 2.14. The highest BCUT2D eigenvalue weighted by Crippen LogP contribution is 2.35. The van der Waals surface area contributed by atoms with Crippen LogP contribution in [0.25, 0.3) is 10.9 Å². The van der Waals surface area contributed by atoms with Gasteiger partial charge in [0.05, 0.1) is 30.3 Å². The van der Waals surface area contributed by atoms with Crippen molar-refractivity contribution < 1.29 is 18.9 Å². The van der Waals surface area contributed by atoms with Crippen LogP contribution in [0.4, 0.5) is 0 Å². The number of pyridine rings is 1. The molecule has 3 aromatic rings. The molecule has 36 heavy (non-hydrogen) atoms. The van der Waals surface area contributed by atoms with E-state index in [1.807, 2.05) is 22.9 Å². The molecule has 1 N–H and O–H groups in total. The number of benzene rings is 1. The Morgan fingerprint density at radius 2 is 1.89 bits per heavy atom. The van der Waals surface area contributed by atoms with Gasteiger partial charge in [-0.3, -0.25) is 9.69 Å². The van der Waals surface area contributed by atoms with Gasteiger partial charge in [-0.2, -0.15) is 0 Å². The average molecular weight is 497 g/mol. The molecule has 5 heterocycles. The number of tetrazole rings is 1. The first kappa shape index (κ1) is 23.4. The third-order valence-electron chi connectivity index (χ3n) is 7.34. The lowest BCUT2D eigenvalue weighted by Crippen LogP contribution is -2.38. The van der Waals surface area contributed by atoms with E-state index < -0.39 is 0 Å². The molecule has 6 rings (SSSR count). The first-order valence-corrected chi connectivity index (χ1v) is 12.9. The molecule has 2 saturated heterocycles. The number of hydrogen-bond donors (Lipinski definition) is 1. The maximum absolute atomic E-state index is 13.2. The Morgan fingerprint density at radius 3 is 2.64 bits per heavy atom. The minimum absolute atomic E-state index is 0.0718. The van der Waals surface area contributed by atoms with E-state index in [0.717, 1.165) is 62.0 Å². The highest BCUT2D eigenvalue weighted by atomic mass is 16.7. The Labute approximate surface area is 208 Å². The van der Waals surface area contributed by atoms with Gasteiger partial charge < -0.3 is 23.9 Å². The predicted octanol–water partition coefficient (Wildman–Crippen LogP) is 2.55. The minimum atomic E-state index is -0.118. The smallest absolute Gasteiger partial charge is 0.252 e. The highest BCUT2D eigenvalue weighted by molar-refractivity contribution is 5.83. The van der Waals surface area contributed by atoms with Crippen molar-refractivity contribution in [3.8, 4) is 11.5 Å². The van der Waals surface area contributed by atoms with E-state index in [0.29, 0.717) is 36.7 Å². The number of hydrogen-bond acceptors (Lipinski definition) is 9. The minimum Gasteiger partial charge on any atom is -0.454 e. The molecule has 0 amide bonds. The van der Waals surface area contributed by atoms with Crippen LogP contribution < -0.4 is 15.0 Å². The number of aromatic nitrogens is 5. The highest BCUT2D eigenvalue weighted by Gasteiger charge is 2.30. The van der Waals surface area contributed by atoms with Gasteiger partial charge in [-0.05, 0) is 54.7 Å². The van der Waals surface area contributed by atoms with Gasteiger partial charge in [-0.1, -0.05) is 6.92 Å². The van der Waals surface area contributed by atoms with Crippen LogP contribution in [-0.4, -0.2) is 68.9 Å². The Bertz CT molecular complexity index is 1260. The summed E-state index contributed by atoms with van der Waals surface area (Å²) >= 11 is 0. The second-order valence-corrected chi connectivity index (χ2v) is 9.76. The van der Waals surface area contributed by atoms with E-state index in [1.54, 1.807) is 0 Å². The Kier molecular flexibility index (Phi) is 6.60. The molecule has 2 aromatic heterocycles. The molecule has 192 valence electrons. The molecule has 0 bridgehead atoms. The van der Waals surface area contributed by atoms with Gasteiger partial charge in [0, 0.05) is 43.3 Å². The molecule has 3 aliphatic rings. The van der Waals surface area contributed by atoms with E-state index in [4.69, 9.17) is 18.9 Å². The van der Waals surface area contributed by atoms with Gasteiger partial charge >= 0.3 is 0 Å². The first-order valence-electron chi connectivity index (χ1n) is 12.9. The summed E-state index contributed by atoms with van der Waals surface area (Å²) in [6.07, 6.45) is 5.18. The second-order valence-electron chi connectivity index (χ2n) is 9.76. The molecular formula is C25H32N6O5. The third kappa shape index (κ3) is 4.70. The first-order chi connectivity index (χ1) is 17.7. The summed E-state index contributed by atoms with van der Waals surface area (Å²) in [4.78, 5) is 18.5. The summed E-state index contributed by atoms with van der Waals surface area (Å²) in [6, 6.07) is 5.61. The lowest BCUT2D eigenvalue weighted by Gasteiger charge is -2.32. The monoisotopic (exact) mass is 496 g/mol. The fraction of sp³-hybridized carbons (Fsp3) is 0.600. The van der Waals surface area contributed by atoms with Crippen molar-refractivity contribution in [2.24, 2.45) is 0 Å². The van der Waals surface area contributed by atoms with Gasteiger partial charge in [0.2, 0.25) is 6.79 Å². The summed E-state index contributed by atoms with van der Waals surface area (Å²) < 4.78 is 24.7. The van der Waals surface area contributed by atoms with Crippen molar-refractivity contribution in [2.75, 3.05) is 26.6 Å². The molecule has 0 aliphatic carbocycles. The largest absolute Gasteiger partial charge is 0.454 e. The normalized spacial score (nSPS) is 22.2. The third-order valence-corrected chi connectivity index (χ3v) is 7.34. The van der Waals surface area contributed by atoms with Crippen LogP contribution in [0.1, 0.15) is 56.5 Å². The second kappa shape index (κ2) is 10.2.